The number of amides is 2. The molecule has 0 heterocycles. The number of anilines is 1. The number of alkyl halides is 3. The summed E-state index contributed by atoms with van der Waals surface area (Å²) in [5.41, 5.74) is -1.83. The Morgan fingerprint density at radius 3 is 2.43 bits per heavy atom. The number of carboxylic acids is 1. The van der Waals surface area contributed by atoms with Crippen LogP contribution in [0, 0.1) is 0 Å². The van der Waals surface area contributed by atoms with Crippen LogP contribution in [0.25, 0.3) is 0 Å². The van der Waals surface area contributed by atoms with Gasteiger partial charge >= 0.3 is 18.2 Å². The molecule has 21 heavy (non-hydrogen) atoms. The highest BCUT2D eigenvalue weighted by molar-refractivity contribution is 6.00. The van der Waals surface area contributed by atoms with Gasteiger partial charge in [-0.3, -0.25) is 0 Å². The van der Waals surface area contributed by atoms with Crippen LogP contribution in [0.3, 0.4) is 0 Å². The second kappa shape index (κ2) is 5.27. The van der Waals surface area contributed by atoms with Gasteiger partial charge in [0.15, 0.2) is 0 Å². The lowest BCUT2D eigenvalue weighted by Crippen LogP contribution is -2.33. The Morgan fingerprint density at radius 2 is 1.95 bits per heavy atom. The van der Waals surface area contributed by atoms with Gasteiger partial charge in [-0.25, -0.2) is 9.59 Å². The molecule has 8 heteroatoms. The molecule has 0 spiro atoms. The van der Waals surface area contributed by atoms with E-state index in [4.69, 9.17) is 5.11 Å². The normalized spacial score (nSPS) is 14.7. The third-order valence-electron chi connectivity index (χ3n) is 3.23. The van der Waals surface area contributed by atoms with Gasteiger partial charge in [0.05, 0.1) is 16.8 Å². The van der Waals surface area contributed by atoms with Gasteiger partial charge in [0, 0.05) is 13.1 Å². The number of benzene rings is 1. The smallest absolute Gasteiger partial charge is 0.416 e. The molecule has 114 valence electrons. The predicted molar refractivity (Wildman–Crippen MR) is 68.2 cm³/mol. The number of nitrogens with one attached hydrogen (secondary N) is 1. The van der Waals surface area contributed by atoms with Gasteiger partial charge in [-0.2, -0.15) is 13.2 Å². The maximum absolute atomic E-state index is 12.6. The van der Waals surface area contributed by atoms with E-state index < -0.39 is 29.3 Å². The quantitative estimate of drug-likeness (QED) is 0.901. The summed E-state index contributed by atoms with van der Waals surface area (Å²) in [5, 5.41) is 11.3. The lowest BCUT2D eigenvalue weighted by Gasteiger charge is -2.18. The van der Waals surface area contributed by atoms with E-state index in [1.54, 1.807) is 7.05 Å². The Bertz CT molecular complexity index is 583. The van der Waals surface area contributed by atoms with Crippen molar-refractivity contribution < 1.29 is 27.9 Å². The first-order valence-corrected chi connectivity index (χ1v) is 6.18. The first kappa shape index (κ1) is 15.1. The fourth-order valence-electron chi connectivity index (χ4n) is 1.84. The number of carbonyl (C=O) groups is 2. The molecule has 2 amide bonds. The van der Waals surface area contributed by atoms with Gasteiger partial charge in [0.2, 0.25) is 0 Å². The molecule has 0 saturated heterocycles. The van der Waals surface area contributed by atoms with Crippen LogP contribution in [0.1, 0.15) is 28.8 Å². The Kier molecular flexibility index (Phi) is 3.80. The molecule has 2 rings (SSSR count). The van der Waals surface area contributed by atoms with E-state index in [1.165, 1.54) is 4.90 Å². The first-order valence-electron chi connectivity index (χ1n) is 6.18. The van der Waals surface area contributed by atoms with Crippen molar-refractivity contribution in [2.24, 2.45) is 0 Å². The lowest BCUT2D eigenvalue weighted by molar-refractivity contribution is -0.137. The summed E-state index contributed by atoms with van der Waals surface area (Å²) in [6.45, 7) is 0. The molecule has 0 aromatic heterocycles. The van der Waals surface area contributed by atoms with E-state index in [0.29, 0.717) is 6.07 Å². The van der Waals surface area contributed by atoms with Crippen molar-refractivity contribution in [3.63, 3.8) is 0 Å². The van der Waals surface area contributed by atoms with Crippen molar-refractivity contribution in [2.75, 3.05) is 12.4 Å². The predicted octanol–water partition coefficient (Wildman–Crippen LogP) is 3.03. The fourth-order valence-corrected chi connectivity index (χ4v) is 1.84. The average Bonchev–Trinajstić information content (AvgIpc) is 3.20. The first-order chi connectivity index (χ1) is 9.70. The number of urea groups is 1. The highest BCUT2D eigenvalue weighted by Crippen LogP contribution is 2.32. The number of nitrogens with zero attached hydrogens (tertiary/aromatic N) is 1. The maximum Gasteiger partial charge on any atom is 0.416 e. The van der Waals surface area contributed by atoms with E-state index >= 15 is 0 Å². The topological polar surface area (TPSA) is 69.6 Å². The summed E-state index contributed by atoms with van der Waals surface area (Å²) < 4.78 is 37.7. The van der Waals surface area contributed by atoms with Gasteiger partial charge in [-0.15, -0.1) is 0 Å². The van der Waals surface area contributed by atoms with E-state index in [0.717, 1.165) is 25.0 Å². The third-order valence-corrected chi connectivity index (χ3v) is 3.23. The lowest BCUT2D eigenvalue weighted by atomic mass is 10.1. The van der Waals surface area contributed by atoms with Crippen LogP contribution in [0.5, 0.6) is 0 Å². The SMILES string of the molecule is CN(C(=O)Nc1ccc(C(F)(F)F)cc1C(=O)O)C1CC1. The largest absolute Gasteiger partial charge is 0.478 e. The average molecular weight is 302 g/mol. The molecule has 1 aromatic rings. The second-order valence-corrected chi connectivity index (χ2v) is 4.84. The van der Waals surface area contributed by atoms with Crippen molar-refractivity contribution in [3.8, 4) is 0 Å². The fraction of sp³-hybridized carbons (Fsp3) is 0.385. The molecule has 0 unspecified atom stereocenters. The number of carbonyl (C=O) groups excluding carboxylic acids is 1. The van der Waals surface area contributed by atoms with Crippen LogP contribution in [-0.4, -0.2) is 35.1 Å². The van der Waals surface area contributed by atoms with E-state index in [-0.39, 0.29) is 11.7 Å². The maximum atomic E-state index is 12.6. The number of carboxylic acid groups (broad SMARTS) is 1. The standard InChI is InChI=1S/C13H13F3N2O3/c1-18(8-3-4-8)12(21)17-10-5-2-7(13(14,15)16)6-9(10)11(19)20/h2,5-6,8H,3-4H2,1H3,(H,17,21)(H,19,20). The summed E-state index contributed by atoms with van der Waals surface area (Å²) in [5.74, 6) is -1.54. The van der Waals surface area contributed by atoms with Gasteiger partial charge < -0.3 is 15.3 Å². The van der Waals surface area contributed by atoms with Gasteiger partial charge in [-0.05, 0) is 31.0 Å². The van der Waals surface area contributed by atoms with Crippen LogP contribution in [0.15, 0.2) is 18.2 Å². The minimum atomic E-state index is -4.64. The molecule has 1 aliphatic rings. The Morgan fingerprint density at radius 1 is 1.33 bits per heavy atom. The van der Waals surface area contributed by atoms with Crippen LogP contribution >= 0.6 is 0 Å². The van der Waals surface area contributed by atoms with Crippen LogP contribution in [0.4, 0.5) is 23.7 Å². The summed E-state index contributed by atoms with van der Waals surface area (Å²) in [7, 11) is 1.55. The Balaban J connectivity index is 2.26. The van der Waals surface area contributed by atoms with Gasteiger partial charge in [-0.1, -0.05) is 0 Å². The molecule has 5 nitrogen and oxygen atoms in total. The highest BCUT2D eigenvalue weighted by atomic mass is 19.4. The van der Waals surface area contributed by atoms with Gasteiger partial charge in [0.1, 0.15) is 0 Å². The van der Waals surface area contributed by atoms with Crippen molar-refractivity contribution in [1.82, 2.24) is 4.90 Å². The molecule has 0 radical (unpaired) electrons. The molecule has 1 aliphatic carbocycles. The molecule has 1 aromatic carbocycles. The molecule has 2 N–H and O–H groups in total. The number of rotatable bonds is 3. The molecular weight excluding hydrogens is 289 g/mol. The van der Waals surface area contributed by atoms with E-state index in [2.05, 4.69) is 5.32 Å². The molecule has 1 saturated carbocycles. The molecular formula is C13H13F3N2O3. The van der Waals surface area contributed by atoms with E-state index in [1.807, 2.05) is 0 Å². The third kappa shape index (κ3) is 3.45. The highest BCUT2D eigenvalue weighted by Gasteiger charge is 2.33. The van der Waals surface area contributed by atoms with Crippen LogP contribution in [-0.2, 0) is 6.18 Å². The number of aromatic carboxylic acids is 1. The molecule has 0 bridgehead atoms. The van der Waals surface area contributed by atoms with Crippen LogP contribution < -0.4 is 5.32 Å². The zero-order chi connectivity index (χ0) is 15.8. The summed E-state index contributed by atoms with van der Waals surface area (Å²) in [6.07, 6.45) is -2.91. The zero-order valence-electron chi connectivity index (χ0n) is 11.1. The molecule has 1 fully saturated rings. The zero-order valence-corrected chi connectivity index (χ0v) is 11.1. The summed E-state index contributed by atoms with van der Waals surface area (Å²) in [6, 6.07) is 1.76. The minimum absolute atomic E-state index is 0.104. The summed E-state index contributed by atoms with van der Waals surface area (Å²) >= 11 is 0. The second-order valence-electron chi connectivity index (χ2n) is 4.84. The molecule has 0 atom stereocenters. The minimum Gasteiger partial charge on any atom is -0.478 e. The van der Waals surface area contributed by atoms with E-state index in [9.17, 15) is 22.8 Å². The monoisotopic (exact) mass is 302 g/mol. The summed E-state index contributed by atoms with van der Waals surface area (Å²) in [4.78, 5) is 24.3. The van der Waals surface area contributed by atoms with Crippen LogP contribution in [0.2, 0.25) is 0 Å². The van der Waals surface area contributed by atoms with Crippen molar-refractivity contribution in [3.05, 3.63) is 29.3 Å². The Hall–Kier alpha value is -2.25. The van der Waals surface area contributed by atoms with Crippen molar-refractivity contribution in [2.45, 2.75) is 25.1 Å². The van der Waals surface area contributed by atoms with Crippen molar-refractivity contribution >= 4 is 17.7 Å². The van der Waals surface area contributed by atoms with Gasteiger partial charge in [0.25, 0.3) is 0 Å². The number of hydrogen-bond acceptors (Lipinski definition) is 2. The number of hydrogen-bond donors (Lipinski definition) is 2. The van der Waals surface area contributed by atoms with Crippen molar-refractivity contribution in [1.29, 1.82) is 0 Å². The molecule has 0 aliphatic heterocycles. The Labute approximate surface area is 118 Å². The number of halogens is 3.